The molecule has 1 saturated heterocycles. The summed E-state index contributed by atoms with van der Waals surface area (Å²) in [5.41, 5.74) is 6.30. The molecule has 1 aliphatic heterocycles. The van der Waals surface area contributed by atoms with Crippen molar-refractivity contribution in [1.82, 2.24) is 15.1 Å². The molecule has 0 saturated carbocycles. The number of hydrogen-bond donors (Lipinski definition) is 3. The molecule has 10 heteroatoms. The molecule has 1 fully saturated rings. The normalized spacial score (nSPS) is 16.5. The Kier molecular flexibility index (Phi) is 10.9. The smallest absolute Gasteiger partial charge is 0.326 e. The number of carbonyl (C=O) groups is 5. The minimum absolute atomic E-state index is 0.125. The Balaban J connectivity index is 0.000000616. The topological polar surface area (TPSA) is 150 Å². The van der Waals surface area contributed by atoms with Gasteiger partial charge < -0.3 is 26.0 Å². The van der Waals surface area contributed by atoms with E-state index in [1.807, 2.05) is 18.2 Å². The fraction of sp³-hybridized carbons (Fsp3) is 0.500. The van der Waals surface area contributed by atoms with Gasteiger partial charge in [-0.25, -0.2) is 4.79 Å². The van der Waals surface area contributed by atoms with Gasteiger partial charge in [-0.15, -0.1) is 0 Å². The molecular weight excluding hydrogens is 416 g/mol. The lowest BCUT2D eigenvalue weighted by atomic mass is 10.1. The van der Waals surface area contributed by atoms with Gasteiger partial charge in [0, 0.05) is 25.9 Å². The molecule has 0 aliphatic carbocycles. The minimum atomic E-state index is -1.28. The van der Waals surface area contributed by atoms with Gasteiger partial charge in [-0.3, -0.25) is 19.2 Å². The number of aryl methyl sites for hydroxylation is 1. The third kappa shape index (κ3) is 8.75. The van der Waals surface area contributed by atoms with E-state index in [0.717, 1.165) is 0 Å². The van der Waals surface area contributed by atoms with E-state index >= 15 is 0 Å². The monoisotopic (exact) mass is 448 g/mol. The Hall–Kier alpha value is -3.43. The predicted octanol–water partition coefficient (Wildman–Crippen LogP) is 0.286. The van der Waals surface area contributed by atoms with Crippen molar-refractivity contribution in [3.05, 3.63) is 35.9 Å². The highest BCUT2D eigenvalue weighted by Crippen LogP contribution is 2.12. The summed E-state index contributed by atoms with van der Waals surface area (Å²) in [4.78, 5) is 60.7. The van der Waals surface area contributed by atoms with Gasteiger partial charge in [-0.1, -0.05) is 42.8 Å². The molecule has 176 valence electrons. The van der Waals surface area contributed by atoms with E-state index in [1.54, 1.807) is 13.8 Å². The number of benzene rings is 1. The molecule has 1 heterocycles. The summed E-state index contributed by atoms with van der Waals surface area (Å²) in [6.45, 7) is 5.58. The van der Waals surface area contributed by atoms with Crippen molar-refractivity contribution in [1.29, 1.82) is 0 Å². The Morgan fingerprint density at radius 1 is 1.19 bits per heavy atom. The van der Waals surface area contributed by atoms with E-state index in [1.165, 1.54) is 15.4 Å². The van der Waals surface area contributed by atoms with Gasteiger partial charge in [0.15, 0.2) is 0 Å². The molecule has 1 aromatic rings. The zero-order chi connectivity index (χ0) is 24.3. The van der Waals surface area contributed by atoms with E-state index in [0.29, 0.717) is 6.54 Å². The van der Waals surface area contributed by atoms with E-state index < -0.39 is 29.9 Å². The summed E-state index contributed by atoms with van der Waals surface area (Å²) in [6.07, 6.45) is -0.0111. The highest BCUT2D eigenvalue weighted by molar-refractivity contribution is 5.92. The van der Waals surface area contributed by atoms with Crippen molar-refractivity contribution >= 4 is 29.6 Å². The van der Waals surface area contributed by atoms with Crippen molar-refractivity contribution in [3.8, 4) is 0 Å². The van der Waals surface area contributed by atoms with Gasteiger partial charge in [0.2, 0.25) is 23.6 Å². The molecule has 2 atom stereocenters. The first-order chi connectivity index (χ1) is 15.1. The second-order valence-electron chi connectivity index (χ2n) is 7.49. The van der Waals surface area contributed by atoms with E-state index in [-0.39, 0.29) is 44.2 Å². The van der Waals surface area contributed by atoms with Gasteiger partial charge in [0.1, 0.15) is 12.1 Å². The first kappa shape index (κ1) is 26.6. The number of amides is 4. The van der Waals surface area contributed by atoms with Crippen molar-refractivity contribution in [2.45, 2.75) is 52.1 Å². The number of aliphatic carboxylic acids is 1. The van der Waals surface area contributed by atoms with Crippen LogP contribution in [0.1, 0.15) is 38.7 Å². The van der Waals surface area contributed by atoms with Crippen LogP contribution >= 0.6 is 0 Å². The zero-order valence-corrected chi connectivity index (χ0v) is 18.7. The number of nitrogens with one attached hydrogen (secondary N) is 1. The second-order valence-corrected chi connectivity index (χ2v) is 7.49. The molecule has 0 radical (unpaired) electrons. The summed E-state index contributed by atoms with van der Waals surface area (Å²) >= 11 is 0. The number of piperazine rings is 1. The van der Waals surface area contributed by atoms with Crippen molar-refractivity contribution in [3.63, 3.8) is 0 Å². The number of hydrogen-bond acceptors (Lipinski definition) is 5. The predicted molar refractivity (Wildman–Crippen MR) is 117 cm³/mol. The average molecular weight is 449 g/mol. The second kappa shape index (κ2) is 13.1. The van der Waals surface area contributed by atoms with Gasteiger partial charge in [-0.05, 0) is 20.3 Å². The number of carboxylic acid groups (broad SMARTS) is 1. The fourth-order valence-corrected chi connectivity index (χ4v) is 3.12. The molecule has 1 aromatic carbocycles. The van der Waals surface area contributed by atoms with Gasteiger partial charge in [0.25, 0.3) is 0 Å². The van der Waals surface area contributed by atoms with Gasteiger partial charge in [0.05, 0.1) is 6.54 Å². The first-order valence-electron chi connectivity index (χ1n) is 10.5. The molecule has 0 aromatic heterocycles. The Morgan fingerprint density at radius 3 is 2.28 bits per heavy atom. The van der Waals surface area contributed by atoms with Crippen LogP contribution in [0.3, 0.4) is 0 Å². The number of nitrogens with two attached hydrogens (primary N) is 1. The van der Waals surface area contributed by atoms with Crippen LogP contribution in [-0.2, 0) is 24.0 Å². The number of rotatable bonds is 8. The van der Waals surface area contributed by atoms with Crippen molar-refractivity contribution in [2.75, 3.05) is 19.6 Å². The summed E-state index contributed by atoms with van der Waals surface area (Å²) in [7, 11) is 0. The first-order valence-corrected chi connectivity index (χ1v) is 10.5. The molecule has 1 aliphatic rings. The van der Waals surface area contributed by atoms with Crippen LogP contribution in [0, 0.1) is 6.92 Å². The maximum Gasteiger partial charge on any atom is 0.326 e. The van der Waals surface area contributed by atoms with Crippen molar-refractivity contribution in [2.24, 2.45) is 5.73 Å². The summed E-state index contributed by atoms with van der Waals surface area (Å²) < 4.78 is 0. The van der Waals surface area contributed by atoms with E-state index in [2.05, 4.69) is 24.4 Å². The maximum absolute atomic E-state index is 12.3. The van der Waals surface area contributed by atoms with Crippen LogP contribution in [0.15, 0.2) is 30.3 Å². The Bertz CT molecular complexity index is 814. The third-order valence-electron chi connectivity index (χ3n) is 4.96. The molecule has 4 amide bonds. The van der Waals surface area contributed by atoms with Gasteiger partial charge in [-0.2, -0.15) is 0 Å². The van der Waals surface area contributed by atoms with Crippen LogP contribution in [0.5, 0.6) is 0 Å². The zero-order valence-electron chi connectivity index (χ0n) is 18.7. The molecule has 2 rings (SSSR count). The van der Waals surface area contributed by atoms with Crippen LogP contribution in [-0.4, -0.2) is 76.2 Å². The van der Waals surface area contributed by atoms with E-state index in [9.17, 15) is 24.0 Å². The van der Waals surface area contributed by atoms with Gasteiger partial charge >= 0.3 is 5.97 Å². The number of nitrogens with zero attached hydrogens (tertiary/aromatic N) is 2. The SMILES string of the molecule is CCC(=O)N1CCN(CC(=O)NC(CCC(N)=O)C(=O)O)C(=O)C1C.Cc1ccccc1. The van der Waals surface area contributed by atoms with Crippen LogP contribution in [0.4, 0.5) is 0 Å². The number of carbonyl (C=O) groups excluding carboxylic acids is 4. The van der Waals surface area contributed by atoms with Crippen LogP contribution in [0.25, 0.3) is 0 Å². The van der Waals surface area contributed by atoms with Crippen LogP contribution in [0.2, 0.25) is 0 Å². The molecule has 0 spiro atoms. The quantitative estimate of drug-likeness (QED) is 0.520. The third-order valence-corrected chi connectivity index (χ3v) is 4.96. The lowest BCUT2D eigenvalue weighted by Gasteiger charge is -2.38. The summed E-state index contributed by atoms with van der Waals surface area (Å²) in [6, 6.07) is 8.34. The lowest BCUT2D eigenvalue weighted by Crippen LogP contribution is -2.59. The lowest BCUT2D eigenvalue weighted by molar-refractivity contribution is -0.152. The molecule has 2 unspecified atom stereocenters. The maximum atomic E-state index is 12.3. The standard InChI is InChI=1S/C15H24N4O6.C7H8/c1-3-13(22)19-7-6-18(14(23)9(19)2)8-12(21)17-10(15(24)25)4-5-11(16)20;1-7-5-3-2-4-6-7/h9-10H,3-8H2,1-2H3,(H2,16,20)(H,17,21)(H,24,25);2-6H,1H3. The van der Waals surface area contributed by atoms with Crippen molar-refractivity contribution < 1.29 is 29.1 Å². The minimum Gasteiger partial charge on any atom is -0.480 e. The van der Waals surface area contributed by atoms with Crippen LogP contribution < -0.4 is 11.1 Å². The Labute approximate surface area is 187 Å². The number of primary amides is 1. The summed E-state index contributed by atoms with van der Waals surface area (Å²) in [5, 5.41) is 11.3. The fourth-order valence-electron chi connectivity index (χ4n) is 3.12. The average Bonchev–Trinajstić information content (AvgIpc) is 2.74. The molecule has 0 bridgehead atoms. The summed E-state index contributed by atoms with van der Waals surface area (Å²) in [5.74, 6) is -3.10. The highest BCUT2D eigenvalue weighted by atomic mass is 16.4. The molecular formula is C22H32N4O6. The molecule has 10 nitrogen and oxygen atoms in total. The molecule has 32 heavy (non-hydrogen) atoms. The molecule has 4 N–H and O–H groups in total. The Morgan fingerprint density at radius 2 is 1.81 bits per heavy atom. The number of carboxylic acids is 1. The van der Waals surface area contributed by atoms with E-state index in [4.69, 9.17) is 10.8 Å². The largest absolute Gasteiger partial charge is 0.480 e. The highest BCUT2D eigenvalue weighted by Gasteiger charge is 2.34.